The highest BCUT2D eigenvalue weighted by molar-refractivity contribution is 5.85. The fourth-order valence-electron chi connectivity index (χ4n) is 3.66. The van der Waals surface area contributed by atoms with Crippen molar-refractivity contribution in [1.82, 2.24) is 19.7 Å². The van der Waals surface area contributed by atoms with Gasteiger partial charge in [0.05, 0.1) is 11.9 Å². The Hall–Kier alpha value is -3.16. The highest BCUT2D eigenvalue weighted by Crippen LogP contribution is 2.47. The number of aromatic nitrogens is 4. The molecule has 8 nitrogen and oxygen atoms in total. The van der Waals surface area contributed by atoms with Gasteiger partial charge in [0, 0.05) is 11.5 Å². The molecule has 3 unspecified atom stereocenters. The molecule has 3 aliphatic rings. The predicted octanol–water partition coefficient (Wildman–Crippen LogP) is 2.66. The van der Waals surface area contributed by atoms with Crippen LogP contribution in [0.2, 0.25) is 0 Å². The Balaban J connectivity index is 1.45. The first-order chi connectivity index (χ1) is 12.3. The largest absolute Gasteiger partial charge is 0.337 e. The van der Waals surface area contributed by atoms with Crippen LogP contribution in [-0.4, -0.2) is 26.0 Å². The van der Waals surface area contributed by atoms with E-state index in [1.807, 2.05) is 34.7 Å². The summed E-state index contributed by atoms with van der Waals surface area (Å²) < 4.78 is 7.53. The molecule has 124 valence electrons. The van der Waals surface area contributed by atoms with Gasteiger partial charge in [0.15, 0.2) is 12.0 Å². The minimum atomic E-state index is -0.151. The molecule has 25 heavy (non-hydrogen) atoms. The second kappa shape index (κ2) is 4.47. The van der Waals surface area contributed by atoms with E-state index in [1.165, 1.54) is 0 Å². The van der Waals surface area contributed by atoms with Crippen molar-refractivity contribution in [3.8, 4) is 5.69 Å². The number of aliphatic imine (C=N–C) groups is 1. The van der Waals surface area contributed by atoms with Gasteiger partial charge in [-0.05, 0) is 23.6 Å². The summed E-state index contributed by atoms with van der Waals surface area (Å²) in [5, 5.41) is 8.06. The van der Waals surface area contributed by atoms with E-state index in [4.69, 9.17) is 4.52 Å². The van der Waals surface area contributed by atoms with Crippen LogP contribution in [0.1, 0.15) is 36.9 Å². The Kier molecular flexibility index (Phi) is 2.35. The molecule has 4 heterocycles. The summed E-state index contributed by atoms with van der Waals surface area (Å²) >= 11 is 0. The van der Waals surface area contributed by atoms with Crippen molar-refractivity contribution in [3.63, 3.8) is 0 Å². The minimum Gasteiger partial charge on any atom is -0.337 e. The van der Waals surface area contributed by atoms with E-state index in [0.29, 0.717) is 23.7 Å². The maximum Gasteiger partial charge on any atom is 0.290 e. The minimum absolute atomic E-state index is 0.151. The molecule has 0 amide bonds. The Labute approximate surface area is 143 Å². The van der Waals surface area contributed by atoms with E-state index in [1.54, 1.807) is 6.34 Å². The number of rotatable bonds is 2. The molecular weight excluding hydrogens is 318 g/mol. The number of hydrogen-bond donors (Lipinski definition) is 0. The van der Waals surface area contributed by atoms with Gasteiger partial charge in [0.25, 0.3) is 5.95 Å². The van der Waals surface area contributed by atoms with Gasteiger partial charge < -0.3 is 4.52 Å². The van der Waals surface area contributed by atoms with Crippen LogP contribution in [0.25, 0.3) is 5.69 Å². The molecule has 0 saturated heterocycles. The van der Waals surface area contributed by atoms with Crippen LogP contribution < -0.4 is 10.0 Å². The zero-order valence-corrected chi connectivity index (χ0v) is 13.5. The van der Waals surface area contributed by atoms with E-state index in [-0.39, 0.29) is 6.17 Å². The van der Waals surface area contributed by atoms with Gasteiger partial charge in [-0.1, -0.05) is 25.1 Å². The summed E-state index contributed by atoms with van der Waals surface area (Å²) in [5.74, 6) is 3.16. The monoisotopic (exact) mass is 333 g/mol. The van der Waals surface area contributed by atoms with Crippen LogP contribution in [0.15, 0.2) is 46.3 Å². The number of fused-ring (bicyclic) bond motifs is 6. The standard InChI is InChI=1S/C17H15N7O/c1-10-6-12(10)16-20-17(21-25-16)23-9-19-15-11-4-2-3-5-13(11)22-8-18-7-14(22)24(15)23/h2-5,7-10,12,15H,6H2,1H3. The van der Waals surface area contributed by atoms with Crippen molar-refractivity contribution in [2.24, 2.45) is 10.9 Å². The van der Waals surface area contributed by atoms with E-state index < -0.39 is 0 Å². The maximum atomic E-state index is 5.48. The van der Waals surface area contributed by atoms with Gasteiger partial charge in [-0.3, -0.25) is 4.57 Å². The van der Waals surface area contributed by atoms with E-state index in [0.717, 1.165) is 23.5 Å². The smallest absolute Gasteiger partial charge is 0.290 e. The summed E-state index contributed by atoms with van der Waals surface area (Å²) in [6.45, 7) is 2.20. The molecule has 1 fully saturated rings. The molecule has 0 N–H and O–H groups in total. The van der Waals surface area contributed by atoms with Gasteiger partial charge in [-0.25, -0.2) is 20.0 Å². The van der Waals surface area contributed by atoms with Gasteiger partial charge in [0.1, 0.15) is 12.7 Å². The van der Waals surface area contributed by atoms with Crippen LogP contribution in [0.5, 0.6) is 0 Å². The third kappa shape index (κ3) is 1.71. The van der Waals surface area contributed by atoms with E-state index in [2.05, 4.69) is 43.7 Å². The number of hydrazine groups is 1. The lowest BCUT2D eigenvalue weighted by molar-refractivity contribution is 0.376. The lowest BCUT2D eigenvalue weighted by atomic mass is 10.1. The van der Waals surface area contributed by atoms with Crippen molar-refractivity contribution >= 4 is 18.1 Å². The third-order valence-corrected chi connectivity index (χ3v) is 5.17. The van der Waals surface area contributed by atoms with Crippen molar-refractivity contribution in [1.29, 1.82) is 0 Å². The predicted molar refractivity (Wildman–Crippen MR) is 90.6 cm³/mol. The van der Waals surface area contributed by atoms with Crippen molar-refractivity contribution in [3.05, 3.63) is 48.2 Å². The molecule has 0 spiro atoms. The molecule has 1 aromatic carbocycles. The number of benzene rings is 1. The number of hydrogen-bond acceptors (Lipinski definition) is 7. The highest BCUT2D eigenvalue weighted by atomic mass is 16.5. The van der Waals surface area contributed by atoms with E-state index in [9.17, 15) is 0 Å². The molecule has 8 heteroatoms. The zero-order valence-electron chi connectivity index (χ0n) is 13.5. The Morgan fingerprint density at radius 3 is 3.00 bits per heavy atom. The van der Waals surface area contributed by atoms with Crippen LogP contribution in [0, 0.1) is 5.92 Å². The Bertz CT molecular complexity index is 1010. The third-order valence-electron chi connectivity index (χ3n) is 5.17. The Morgan fingerprint density at radius 2 is 2.12 bits per heavy atom. The average Bonchev–Trinajstić information content (AvgIpc) is 3.12. The van der Waals surface area contributed by atoms with Gasteiger partial charge >= 0.3 is 0 Å². The number of imidazole rings is 1. The first-order valence-corrected chi connectivity index (χ1v) is 8.38. The van der Waals surface area contributed by atoms with Crippen LogP contribution >= 0.6 is 0 Å². The normalized spacial score (nSPS) is 25.7. The van der Waals surface area contributed by atoms with Gasteiger partial charge in [-0.15, -0.1) is 0 Å². The summed E-state index contributed by atoms with van der Waals surface area (Å²) in [6, 6.07) is 8.22. The molecule has 0 bridgehead atoms. The van der Waals surface area contributed by atoms with Crippen LogP contribution in [0.4, 0.5) is 11.8 Å². The topological polar surface area (TPSA) is 75.6 Å². The molecule has 2 aromatic heterocycles. The highest BCUT2D eigenvalue weighted by Gasteiger charge is 2.42. The van der Waals surface area contributed by atoms with Crippen LogP contribution in [0.3, 0.4) is 0 Å². The SMILES string of the molecule is CC1CC1c1nc(N2C=NC3c4ccccc4-n4cncc4N32)no1. The molecule has 3 aromatic rings. The summed E-state index contributed by atoms with van der Waals surface area (Å²) in [5.41, 5.74) is 2.21. The first kappa shape index (κ1) is 13.2. The molecule has 0 radical (unpaired) electrons. The fraction of sp³-hybridized carbons (Fsp3) is 0.294. The quantitative estimate of drug-likeness (QED) is 0.718. The van der Waals surface area contributed by atoms with Crippen molar-refractivity contribution in [2.45, 2.75) is 25.4 Å². The summed E-state index contributed by atoms with van der Waals surface area (Å²) in [6.07, 6.45) is 6.36. The van der Waals surface area contributed by atoms with Gasteiger partial charge in [0.2, 0.25) is 5.89 Å². The number of para-hydroxylation sites is 1. The molecular formula is C17H15N7O. The molecule has 1 saturated carbocycles. The fourth-order valence-corrected chi connectivity index (χ4v) is 3.66. The summed E-state index contributed by atoms with van der Waals surface area (Å²) in [7, 11) is 0. The average molecular weight is 333 g/mol. The van der Waals surface area contributed by atoms with Gasteiger partial charge in [-0.2, -0.15) is 4.98 Å². The molecule has 3 atom stereocenters. The maximum absolute atomic E-state index is 5.48. The zero-order chi connectivity index (χ0) is 16.5. The number of anilines is 2. The Morgan fingerprint density at radius 1 is 1.24 bits per heavy atom. The lowest BCUT2D eigenvalue weighted by Crippen LogP contribution is -2.43. The van der Waals surface area contributed by atoms with Crippen LogP contribution in [-0.2, 0) is 0 Å². The summed E-state index contributed by atoms with van der Waals surface area (Å²) in [4.78, 5) is 13.6. The van der Waals surface area contributed by atoms with Crippen molar-refractivity contribution < 1.29 is 4.52 Å². The number of nitrogens with zero attached hydrogens (tertiary/aromatic N) is 7. The van der Waals surface area contributed by atoms with E-state index >= 15 is 0 Å². The molecule has 1 aliphatic carbocycles. The second-order valence-electron chi connectivity index (χ2n) is 6.76. The first-order valence-electron chi connectivity index (χ1n) is 8.38. The second-order valence-corrected chi connectivity index (χ2v) is 6.76. The van der Waals surface area contributed by atoms with Crippen molar-refractivity contribution in [2.75, 3.05) is 10.0 Å². The lowest BCUT2D eigenvalue weighted by Gasteiger charge is -2.35. The molecule has 6 rings (SSSR count). The molecule has 2 aliphatic heterocycles.